The Morgan fingerprint density at radius 3 is 1.65 bits per heavy atom. The molecule has 0 bridgehead atoms. The Kier molecular flexibility index (Phi) is 2.76. The van der Waals surface area contributed by atoms with E-state index in [0.717, 1.165) is 5.01 Å². The first-order valence-corrected chi connectivity index (χ1v) is 6.19. The summed E-state index contributed by atoms with van der Waals surface area (Å²) in [5.74, 6) is 5.47. The van der Waals surface area contributed by atoms with Gasteiger partial charge in [-0.1, -0.05) is 60.7 Å². The molecule has 1 saturated heterocycles. The normalized spacial score (nSPS) is 17.1. The van der Waals surface area contributed by atoms with Crippen LogP contribution in [0.1, 0.15) is 11.1 Å². The van der Waals surface area contributed by atoms with Crippen LogP contribution in [-0.2, 0) is 10.3 Å². The first-order valence-electron chi connectivity index (χ1n) is 6.19. The van der Waals surface area contributed by atoms with E-state index in [0.29, 0.717) is 11.1 Å². The number of nitrogens with zero attached hydrogens (tertiary/aromatic N) is 1. The highest BCUT2D eigenvalue weighted by molar-refractivity contribution is 6.09. The van der Waals surface area contributed by atoms with Crippen molar-refractivity contribution in [3.8, 4) is 0 Å². The summed E-state index contributed by atoms with van der Waals surface area (Å²) in [7, 11) is 0. The quantitative estimate of drug-likeness (QED) is 0.490. The lowest BCUT2D eigenvalue weighted by atomic mass is 9.82. The van der Waals surface area contributed by atoms with E-state index in [4.69, 9.17) is 5.84 Å². The van der Waals surface area contributed by atoms with Crippen molar-refractivity contribution < 1.29 is 9.59 Å². The van der Waals surface area contributed by atoms with Crippen LogP contribution in [-0.4, -0.2) is 16.9 Å². The van der Waals surface area contributed by atoms with Crippen LogP contribution in [0.15, 0.2) is 60.7 Å². The van der Waals surface area contributed by atoms with Gasteiger partial charge in [0.05, 0.1) is 0 Å². The zero-order chi connectivity index (χ0) is 14.2. The van der Waals surface area contributed by atoms with Gasteiger partial charge in [-0.3, -0.25) is 10.1 Å². The highest BCUT2D eigenvalue weighted by Crippen LogP contribution is 2.37. The van der Waals surface area contributed by atoms with Gasteiger partial charge in [0.1, 0.15) is 0 Å². The van der Waals surface area contributed by atoms with Crippen LogP contribution >= 0.6 is 0 Å². The first kappa shape index (κ1) is 12.4. The number of hydrazine groups is 1. The number of amides is 3. The minimum atomic E-state index is -1.32. The van der Waals surface area contributed by atoms with E-state index in [-0.39, 0.29) is 0 Å². The molecular formula is C15H13N3O2. The Morgan fingerprint density at radius 1 is 0.850 bits per heavy atom. The molecule has 3 rings (SSSR count). The number of imide groups is 1. The van der Waals surface area contributed by atoms with Gasteiger partial charge in [0.15, 0.2) is 5.54 Å². The van der Waals surface area contributed by atoms with Crippen molar-refractivity contribution in [3.05, 3.63) is 71.8 Å². The Hall–Kier alpha value is -2.66. The van der Waals surface area contributed by atoms with Gasteiger partial charge in [-0.15, -0.1) is 0 Å². The number of nitrogens with one attached hydrogen (secondary N) is 1. The maximum absolute atomic E-state index is 12.5. The first-order chi connectivity index (χ1) is 9.67. The maximum atomic E-state index is 12.5. The molecule has 3 N–H and O–H groups in total. The highest BCUT2D eigenvalue weighted by Gasteiger charge is 2.54. The third-order valence-corrected chi connectivity index (χ3v) is 3.51. The fourth-order valence-electron chi connectivity index (χ4n) is 2.58. The van der Waals surface area contributed by atoms with E-state index in [2.05, 4.69) is 5.32 Å². The lowest BCUT2D eigenvalue weighted by Gasteiger charge is -2.32. The summed E-state index contributed by atoms with van der Waals surface area (Å²) in [6, 6.07) is 17.5. The van der Waals surface area contributed by atoms with E-state index in [1.807, 2.05) is 36.4 Å². The zero-order valence-electron chi connectivity index (χ0n) is 10.6. The molecule has 2 aromatic carbocycles. The van der Waals surface area contributed by atoms with Crippen molar-refractivity contribution in [1.29, 1.82) is 0 Å². The van der Waals surface area contributed by atoms with Crippen molar-refractivity contribution in [3.63, 3.8) is 0 Å². The van der Waals surface area contributed by atoms with E-state index in [1.165, 1.54) is 0 Å². The third-order valence-electron chi connectivity index (χ3n) is 3.51. The fourth-order valence-corrected chi connectivity index (χ4v) is 2.58. The topological polar surface area (TPSA) is 75.4 Å². The van der Waals surface area contributed by atoms with Crippen LogP contribution in [0.3, 0.4) is 0 Å². The molecular weight excluding hydrogens is 254 g/mol. The minimum absolute atomic E-state index is 0.442. The lowest BCUT2D eigenvalue weighted by molar-refractivity contribution is -0.125. The molecule has 0 saturated carbocycles. The number of hydrogen-bond acceptors (Lipinski definition) is 3. The van der Waals surface area contributed by atoms with Crippen LogP contribution in [0.4, 0.5) is 4.79 Å². The lowest BCUT2D eigenvalue weighted by Crippen LogP contribution is -2.51. The predicted octanol–water partition coefficient (Wildman–Crippen LogP) is 1.36. The number of urea groups is 1. The molecule has 0 unspecified atom stereocenters. The second-order valence-corrected chi connectivity index (χ2v) is 4.57. The standard InChI is InChI=1S/C15H13N3O2/c16-18-14(20)17-13(19)15(18,11-7-3-1-4-8-11)12-9-5-2-6-10-12/h1-10H,16H2,(H,17,19,20). The highest BCUT2D eigenvalue weighted by atomic mass is 16.2. The minimum Gasteiger partial charge on any atom is -0.274 e. The molecule has 2 aromatic rings. The van der Waals surface area contributed by atoms with Gasteiger partial charge in [0.25, 0.3) is 5.91 Å². The molecule has 0 radical (unpaired) electrons. The number of rotatable bonds is 2. The molecule has 100 valence electrons. The molecule has 1 aliphatic rings. The van der Waals surface area contributed by atoms with Crippen LogP contribution in [0.25, 0.3) is 0 Å². The van der Waals surface area contributed by atoms with E-state index in [9.17, 15) is 9.59 Å². The number of benzene rings is 2. The van der Waals surface area contributed by atoms with Crippen LogP contribution in [0, 0.1) is 0 Å². The number of nitrogens with two attached hydrogens (primary N) is 1. The third kappa shape index (κ3) is 1.53. The molecule has 1 heterocycles. The van der Waals surface area contributed by atoms with E-state index >= 15 is 0 Å². The number of carbonyl (C=O) groups is 2. The second-order valence-electron chi connectivity index (χ2n) is 4.57. The van der Waals surface area contributed by atoms with E-state index < -0.39 is 17.5 Å². The average molecular weight is 267 g/mol. The summed E-state index contributed by atoms with van der Waals surface area (Å²) < 4.78 is 0. The number of carbonyl (C=O) groups excluding carboxylic acids is 2. The van der Waals surface area contributed by atoms with Crippen molar-refractivity contribution in [2.45, 2.75) is 5.54 Å². The van der Waals surface area contributed by atoms with Gasteiger partial charge in [0.2, 0.25) is 0 Å². The Balaban J connectivity index is 2.30. The summed E-state index contributed by atoms with van der Waals surface area (Å²) in [6.07, 6.45) is 0. The molecule has 1 aliphatic heterocycles. The summed E-state index contributed by atoms with van der Waals surface area (Å²) in [5, 5.41) is 3.24. The van der Waals surface area contributed by atoms with Crippen molar-refractivity contribution in [2.75, 3.05) is 0 Å². The molecule has 3 amide bonds. The van der Waals surface area contributed by atoms with Gasteiger partial charge in [0, 0.05) is 0 Å². The largest absolute Gasteiger partial charge is 0.339 e. The van der Waals surface area contributed by atoms with Crippen molar-refractivity contribution in [2.24, 2.45) is 5.84 Å². The summed E-state index contributed by atoms with van der Waals surface area (Å²) in [6.45, 7) is 0. The number of hydrogen-bond donors (Lipinski definition) is 2. The van der Waals surface area contributed by atoms with E-state index in [1.54, 1.807) is 24.3 Å². The second kappa shape index (κ2) is 4.47. The molecule has 20 heavy (non-hydrogen) atoms. The predicted molar refractivity (Wildman–Crippen MR) is 73.2 cm³/mol. The fraction of sp³-hybridized carbons (Fsp3) is 0.0667. The molecule has 1 fully saturated rings. The molecule has 0 spiro atoms. The monoisotopic (exact) mass is 267 g/mol. The average Bonchev–Trinajstić information content (AvgIpc) is 2.72. The van der Waals surface area contributed by atoms with Crippen molar-refractivity contribution in [1.82, 2.24) is 10.3 Å². The van der Waals surface area contributed by atoms with Gasteiger partial charge in [-0.05, 0) is 11.1 Å². The maximum Gasteiger partial charge on any atom is 0.339 e. The molecule has 0 aromatic heterocycles. The Labute approximate surface area is 116 Å². The SMILES string of the molecule is NN1C(=O)NC(=O)C1(c1ccccc1)c1ccccc1. The van der Waals surface area contributed by atoms with Crippen LogP contribution in [0.2, 0.25) is 0 Å². The molecule has 5 heteroatoms. The van der Waals surface area contributed by atoms with Gasteiger partial charge >= 0.3 is 6.03 Å². The molecule has 5 nitrogen and oxygen atoms in total. The summed E-state index contributed by atoms with van der Waals surface area (Å²) in [5.41, 5.74) is -0.0197. The zero-order valence-corrected chi connectivity index (χ0v) is 10.6. The molecule has 0 aliphatic carbocycles. The van der Waals surface area contributed by atoms with Gasteiger partial charge < -0.3 is 0 Å². The Bertz CT molecular complexity index is 616. The summed E-state index contributed by atoms with van der Waals surface area (Å²) >= 11 is 0. The van der Waals surface area contributed by atoms with Gasteiger partial charge in [-0.2, -0.15) is 0 Å². The van der Waals surface area contributed by atoms with Crippen molar-refractivity contribution >= 4 is 11.9 Å². The molecule has 0 atom stereocenters. The summed E-state index contributed by atoms with van der Waals surface area (Å²) in [4.78, 5) is 24.3. The van der Waals surface area contributed by atoms with Crippen LogP contribution in [0.5, 0.6) is 0 Å². The van der Waals surface area contributed by atoms with Crippen LogP contribution < -0.4 is 11.2 Å². The van der Waals surface area contributed by atoms with Gasteiger partial charge in [-0.25, -0.2) is 15.6 Å². The Morgan fingerprint density at radius 2 is 1.30 bits per heavy atom. The smallest absolute Gasteiger partial charge is 0.274 e.